The number of halogens is 2. The first kappa shape index (κ1) is 39.5. The molecule has 4 unspecified atom stereocenters. The SMILES string of the molecule is CC(C)CCC[C@@H](C)C1CCC2[C@@H]3CCC4CC(=C(c5cc(Cl)c(O)c(C(=O)O)c5)c5cc(Cl)c(O)c(C(=O)O)c5)CC[C@]4(C)C3CC[C@@]21C.N. The lowest BCUT2D eigenvalue weighted by Crippen LogP contribution is -2.53. The van der Waals surface area contributed by atoms with Crippen molar-refractivity contribution in [3.8, 4) is 11.5 Å². The third-order valence-electron chi connectivity index (χ3n) is 14.2. The number of hydrogen-bond donors (Lipinski definition) is 5. The highest BCUT2D eigenvalue weighted by molar-refractivity contribution is 6.33. The van der Waals surface area contributed by atoms with Crippen LogP contribution in [0.5, 0.6) is 11.5 Å². The van der Waals surface area contributed by atoms with Crippen molar-refractivity contribution in [2.75, 3.05) is 0 Å². The molecule has 0 aromatic heterocycles. The number of fused-ring (bicyclic) bond motifs is 5. The number of hydrogen-bond acceptors (Lipinski definition) is 5. The first-order valence-corrected chi connectivity index (χ1v) is 19.6. The third kappa shape index (κ3) is 7.04. The molecule has 6 rings (SSSR count). The van der Waals surface area contributed by atoms with E-state index in [9.17, 15) is 30.0 Å². The van der Waals surface area contributed by atoms with E-state index in [0.29, 0.717) is 34.0 Å². The lowest BCUT2D eigenvalue weighted by molar-refractivity contribution is -0.108. The van der Waals surface area contributed by atoms with Gasteiger partial charge in [-0.1, -0.05) is 82.7 Å². The summed E-state index contributed by atoms with van der Waals surface area (Å²) < 4.78 is 0. The van der Waals surface area contributed by atoms with Crippen LogP contribution < -0.4 is 6.15 Å². The fraction of sp³-hybridized carbons (Fsp3) is 0.619. The van der Waals surface area contributed by atoms with Gasteiger partial charge >= 0.3 is 11.9 Å². The Morgan fingerprint density at radius 2 is 1.35 bits per heavy atom. The lowest BCUT2D eigenvalue weighted by Gasteiger charge is -2.61. The third-order valence-corrected chi connectivity index (χ3v) is 14.8. The molecule has 4 aliphatic rings. The number of aromatic hydroxyl groups is 2. The van der Waals surface area contributed by atoms with Gasteiger partial charge in [0.1, 0.15) is 22.6 Å². The van der Waals surface area contributed by atoms with Crippen LogP contribution in [0, 0.1) is 52.3 Å². The molecule has 51 heavy (non-hydrogen) atoms. The Morgan fingerprint density at radius 1 is 0.784 bits per heavy atom. The van der Waals surface area contributed by atoms with Gasteiger partial charge in [0.25, 0.3) is 0 Å². The second-order valence-electron chi connectivity index (χ2n) is 17.2. The number of phenols is 2. The normalized spacial score (nSPS) is 30.5. The van der Waals surface area contributed by atoms with Crippen molar-refractivity contribution in [2.24, 2.45) is 52.3 Å². The first-order chi connectivity index (χ1) is 23.6. The van der Waals surface area contributed by atoms with Crippen molar-refractivity contribution in [3.05, 3.63) is 62.1 Å². The van der Waals surface area contributed by atoms with E-state index in [-0.39, 0.29) is 32.7 Å². The van der Waals surface area contributed by atoms with Crippen molar-refractivity contribution in [2.45, 2.75) is 112 Å². The van der Waals surface area contributed by atoms with Crippen LogP contribution in [0.15, 0.2) is 29.8 Å². The zero-order chi connectivity index (χ0) is 36.3. The number of benzene rings is 2. The van der Waals surface area contributed by atoms with Crippen LogP contribution in [0.2, 0.25) is 10.0 Å². The Kier molecular flexibility index (Phi) is 11.6. The number of carboxylic acids is 2. The average molecular weight is 743 g/mol. The van der Waals surface area contributed by atoms with Gasteiger partial charge < -0.3 is 26.6 Å². The fourth-order valence-corrected chi connectivity index (χ4v) is 12.2. The van der Waals surface area contributed by atoms with Crippen LogP contribution in [0.3, 0.4) is 0 Å². The highest BCUT2D eigenvalue weighted by Gasteiger charge is 2.60. The zero-order valence-corrected chi connectivity index (χ0v) is 32.4. The molecular formula is C42H57Cl2NO6. The first-order valence-electron chi connectivity index (χ1n) is 18.8. The molecule has 0 heterocycles. The van der Waals surface area contributed by atoms with Gasteiger partial charge in [0.2, 0.25) is 0 Å². The van der Waals surface area contributed by atoms with E-state index in [1.165, 1.54) is 63.5 Å². The summed E-state index contributed by atoms with van der Waals surface area (Å²) in [6.07, 6.45) is 14.2. The summed E-state index contributed by atoms with van der Waals surface area (Å²) in [5.41, 5.74) is 2.66. The zero-order valence-electron chi connectivity index (χ0n) is 30.9. The van der Waals surface area contributed by atoms with Crippen molar-refractivity contribution in [1.82, 2.24) is 6.15 Å². The molecule has 4 saturated carbocycles. The summed E-state index contributed by atoms with van der Waals surface area (Å²) in [5.74, 6) is 1.33. The van der Waals surface area contributed by atoms with E-state index in [1.54, 1.807) is 12.1 Å². The standard InChI is InChI=1S/C42H54Cl2O6.H3N/c1-22(2)7-6-8-23(3)31-11-12-32-28-10-9-27-17-24(13-15-41(27,4)33(28)14-16-42(31,32)5)36(25-18-29(39(47)48)37(45)34(43)20-25)26-19-30(40(49)50)38(46)35(44)21-26;/h18-23,27-28,31-33,45-46H,6-17H2,1-5H3,(H,47,48)(H,49,50);1H3/t23-,27?,28+,31?,32?,33?,41+,42-;/m1./s1. The highest BCUT2D eigenvalue weighted by atomic mass is 35.5. The van der Waals surface area contributed by atoms with E-state index < -0.39 is 23.4 Å². The molecule has 0 saturated heterocycles. The molecule has 7 nitrogen and oxygen atoms in total. The largest absolute Gasteiger partial charge is 0.505 e. The van der Waals surface area contributed by atoms with Crippen molar-refractivity contribution in [1.29, 1.82) is 0 Å². The van der Waals surface area contributed by atoms with Crippen LogP contribution >= 0.6 is 23.2 Å². The molecule has 0 spiro atoms. The molecule has 0 amide bonds. The van der Waals surface area contributed by atoms with Gasteiger partial charge in [-0.25, -0.2) is 9.59 Å². The van der Waals surface area contributed by atoms with Gasteiger partial charge in [-0.05, 0) is 151 Å². The van der Waals surface area contributed by atoms with E-state index in [2.05, 4.69) is 34.6 Å². The van der Waals surface area contributed by atoms with Crippen LogP contribution in [0.4, 0.5) is 0 Å². The Hall–Kier alpha value is -2.74. The predicted octanol–water partition coefficient (Wildman–Crippen LogP) is 11.9. The number of aromatic carboxylic acids is 2. The van der Waals surface area contributed by atoms with Crippen LogP contribution in [0.1, 0.15) is 144 Å². The van der Waals surface area contributed by atoms with Gasteiger partial charge in [-0.15, -0.1) is 0 Å². The number of carboxylic acid groups (broad SMARTS) is 2. The Balaban J connectivity index is 0.00000504. The monoisotopic (exact) mass is 741 g/mol. The maximum absolute atomic E-state index is 12.1. The predicted molar refractivity (Wildman–Crippen MR) is 204 cm³/mol. The molecule has 0 aliphatic heterocycles. The molecule has 0 bridgehead atoms. The summed E-state index contributed by atoms with van der Waals surface area (Å²) in [7, 11) is 0. The Bertz CT molecular complexity index is 1630. The summed E-state index contributed by atoms with van der Waals surface area (Å²) in [6.45, 7) is 12.3. The molecule has 8 atom stereocenters. The number of allylic oxidation sites excluding steroid dienone is 1. The van der Waals surface area contributed by atoms with E-state index in [1.807, 2.05) is 0 Å². The smallest absolute Gasteiger partial charge is 0.339 e. The summed E-state index contributed by atoms with van der Waals surface area (Å²) in [6, 6.07) is 5.89. The van der Waals surface area contributed by atoms with Gasteiger partial charge in [-0.2, -0.15) is 0 Å². The molecule has 9 heteroatoms. The molecule has 4 aliphatic carbocycles. The van der Waals surface area contributed by atoms with Crippen LogP contribution in [-0.2, 0) is 0 Å². The van der Waals surface area contributed by atoms with Crippen LogP contribution in [-0.4, -0.2) is 32.4 Å². The molecule has 2 aromatic carbocycles. The minimum atomic E-state index is -1.32. The molecule has 0 radical (unpaired) electrons. The molecular weight excluding hydrogens is 685 g/mol. The van der Waals surface area contributed by atoms with Gasteiger partial charge in [-0.3, -0.25) is 0 Å². The van der Waals surface area contributed by atoms with E-state index in [4.69, 9.17) is 23.2 Å². The minimum Gasteiger partial charge on any atom is -0.505 e. The fourth-order valence-electron chi connectivity index (χ4n) is 11.7. The van der Waals surface area contributed by atoms with Gasteiger partial charge in [0.05, 0.1) is 10.0 Å². The van der Waals surface area contributed by atoms with Gasteiger partial charge in [0.15, 0.2) is 0 Å². The van der Waals surface area contributed by atoms with Crippen molar-refractivity contribution < 1.29 is 30.0 Å². The molecule has 4 fully saturated rings. The van der Waals surface area contributed by atoms with E-state index >= 15 is 0 Å². The topological polar surface area (TPSA) is 150 Å². The second-order valence-corrected chi connectivity index (χ2v) is 18.0. The van der Waals surface area contributed by atoms with Gasteiger partial charge in [0, 0.05) is 0 Å². The summed E-state index contributed by atoms with van der Waals surface area (Å²) >= 11 is 12.8. The van der Waals surface area contributed by atoms with Crippen molar-refractivity contribution in [3.63, 3.8) is 0 Å². The summed E-state index contributed by atoms with van der Waals surface area (Å²) in [5, 5.41) is 40.5. The molecule has 280 valence electrons. The quantitative estimate of drug-likeness (QED) is 0.172. The summed E-state index contributed by atoms with van der Waals surface area (Å²) in [4.78, 5) is 24.3. The van der Waals surface area contributed by atoms with E-state index in [0.717, 1.165) is 60.8 Å². The maximum Gasteiger partial charge on any atom is 0.339 e. The molecule has 7 N–H and O–H groups in total. The Morgan fingerprint density at radius 3 is 1.90 bits per heavy atom. The maximum atomic E-state index is 12.1. The lowest BCUT2D eigenvalue weighted by atomic mass is 9.44. The molecule has 2 aromatic rings. The number of carbonyl (C=O) groups is 2. The van der Waals surface area contributed by atoms with Crippen LogP contribution in [0.25, 0.3) is 5.57 Å². The van der Waals surface area contributed by atoms with Crippen molar-refractivity contribution >= 4 is 40.7 Å². The Labute approximate surface area is 313 Å². The minimum absolute atomic E-state index is 0. The number of rotatable bonds is 9. The second kappa shape index (κ2) is 14.9. The average Bonchev–Trinajstić information content (AvgIpc) is 3.41. The highest BCUT2D eigenvalue weighted by Crippen LogP contribution is 2.69.